The molecule has 0 saturated heterocycles. The zero-order chi connectivity index (χ0) is 15.5. The fraction of sp³-hybridized carbons (Fsp3) is 0.400. The number of nitrogens with zero attached hydrogens (tertiary/aromatic N) is 3. The highest BCUT2D eigenvalue weighted by Gasteiger charge is 2.23. The molecule has 0 fully saturated rings. The number of rotatable bonds is 4. The van der Waals surface area contributed by atoms with Crippen LogP contribution in [0, 0.1) is 5.41 Å². The van der Waals surface area contributed by atoms with Crippen LogP contribution in [0.5, 0.6) is 0 Å². The van der Waals surface area contributed by atoms with E-state index in [-0.39, 0.29) is 23.8 Å². The minimum atomic E-state index is -0.198. The molecule has 0 bridgehead atoms. The number of aromatic nitrogens is 3. The first-order valence-electron chi connectivity index (χ1n) is 6.87. The standard InChI is InChI=1S/C15H21N5O/c1-15(2,3)13(16)8-14(21)19-11-6-4-5-7-12(11)20-10-17-9-18-20/h4-7,9-10,13H,8,16H2,1-3H3,(H,19,21). The summed E-state index contributed by atoms with van der Waals surface area (Å²) in [5.41, 5.74) is 7.40. The Balaban J connectivity index is 2.12. The summed E-state index contributed by atoms with van der Waals surface area (Å²) in [6.45, 7) is 6.07. The molecule has 1 aromatic heterocycles. The molecule has 0 aliphatic heterocycles. The fourth-order valence-electron chi connectivity index (χ4n) is 1.82. The molecule has 3 N–H and O–H groups in total. The first-order valence-corrected chi connectivity index (χ1v) is 6.87. The molecular weight excluding hydrogens is 266 g/mol. The van der Waals surface area contributed by atoms with Crippen LogP contribution >= 0.6 is 0 Å². The molecule has 1 heterocycles. The number of carbonyl (C=O) groups excluding carboxylic acids is 1. The molecule has 2 aromatic rings. The lowest BCUT2D eigenvalue weighted by Crippen LogP contribution is -2.38. The lowest BCUT2D eigenvalue weighted by molar-refractivity contribution is -0.117. The van der Waals surface area contributed by atoms with E-state index in [2.05, 4.69) is 15.4 Å². The Kier molecular flexibility index (Phi) is 4.37. The van der Waals surface area contributed by atoms with Crippen LogP contribution in [0.3, 0.4) is 0 Å². The van der Waals surface area contributed by atoms with Gasteiger partial charge in [0.25, 0.3) is 0 Å². The Hall–Kier alpha value is -2.21. The highest BCUT2D eigenvalue weighted by Crippen LogP contribution is 2.22. The van der Waals surface area contributed by atoms with Crippen LogP contribution < -0.4 is 11.1 Å². The molecule has 2 rings (SSSR count). The second-order valence-corrected chi connectivity index (χ2v) is 6.08. The van der Waals surface area contributed by atoms with Gasteiger partial charge in [0.1, 0.15) is 12.7 Å². The normalized spacial score (nSPS) is 13.0. The summed E-state index contributed by atoms with van der Waals surface area (Å²) in [7, 11) is 0. The second-order valence-electron chi connectivity index (χ2n) is 6.08. The van der Waals surface area contributed by atoms with E-state index >= 15 is 0 Å². The van der Waals surface area contributed by atoms with E-state index in [1.165, 1.54) is 6.33 Å². The van der Waals surface area contributed by atoms with Crippen LogP contribution in [-0.2, 0) is 4.79 Å². The van der Waals surface area contributed by atoms with E-state index < -0.39 is 0 Å². The molecule has 1 unspecified atom stereocenters. The van der Waals surface area contributed by atoms with Gasteiger partial charge in [0.15, 0.2) is 0 Å². The summed E-state index contributed by atoms with van der Waals surface area (Å²) >= 11 is 0. The molecular formula is C15H21N5O. The van der Waals surface area contributed by atoms with Crippen molar-refractivity contribution < 1.29 is 4.79 Å². The van der Waals surface area contributed by atoms with Gasteiger partial charge in [-0.05, 0) is 17.5 Å². The van der Waals surface area contributed by atoms with E-state index in [1.54, 1.807) is 11.0 Å². The highest BCUT2D eigenvalue weighted by molar-refractivity contribution is 5.93. The van der Waals surface area contributed by atoms with Crippen molar-refractivity contribution in [2.45, 2.75) is 33.2 Å². The number of anilines is 1. The number of benzene rings is 1. The molecule has 112 valence electrons. The maximum atomic E-state index is 12.2. The topological polar surface area (TPSA) is 85.8 Å². The van der Waals surface area contributed by atoms with Crippen LogP contribution in [0.2, 0.25) is 0 Å². The lowest BCUT2D eigenvalue weighted by Gasteiger charge is -2.26. The van der Waals surface area contributed by atoms with Crippen LogP contribution in [-0.4, -0.2) is 26.7 Å². The third kappa shape index (κ3) is 3.88. The van der Waals surface area contributed by atoms with Gasteiger partial charge in [-0.1, -0.05) is 32.9 Å². The SMILES string of the molecule is CC(C)(C)C(N)CC(=O)Nc1ccccc1-n1cncn1. The van der Waals surface area contributed by atoms with Crippen molar-refractivity contribution in [2.75, 3.05) is 5.32 Å². The predicted molar refractivity (Wildman–Crippen MR) is 82.0 cm³/mol. The van der Waals surface area contributed by atoms with Gasteiger partial charge in [0, 0.05) is 12.5 Å². The summed E-state index contributed by atoms with van der Waals surface area (Å²) in [4.78, 5) is 16.1. The summed E-state index contributed by atoms with van der Waals surface area (Å²) in [6.07, 6.45) is 3.31. The molecule has 21 heavy (non-hydrogen) atoms. The minimum Gasteiger partial charge on any atom is -0.327 e. The Morgan fingerprint density at radius 2 is 2.10 bits per heavy atom. The molecule has 0 spiro atoms. The quantitative estimate of drug-likeness (QED) is 0.900. The Morgan fingerprint density at radius 1 is 1.38 bits per heavy atom. The van der Waals surface area contributed by atoms with Crippen molar-refractivity contribution in [3.63, 3.8) is 0 Å². The summed E-state index contributed by atoms with van der Waals surface area (Å²) < 4.78 is 1.61. The fourth-order valence-corrected chi connectivity index (χ4v) is 1.82. The monoisotopic (exact) mass is 287 g/mol. The molecule has 1 amide bonds. The zero-order valence-electron chi connectivity index (χ0n) is 12.6. The lowest BCUT2D eigenvalue weighted by atomic mass is 9.85. The average molecular weight is 287 g/mol. The zero-order valence-corrected chi connectivity index (χ0v) is 12.6. The number of nitrogens with one attached hydrogen (secondary N) is 1. The number of para-hydroxylation sites is 2. The van der Waals surface area contributed by atoms with Gasteiger partial charge in [0.2, 0.25) is 5.91 Å². The van der Waals surface area contributed by atoms with Gasteiger partial charge in [0.05, 0.1) is 11.4 Å². The predicted octanol–water partition coefficient (Wildman–Crippen LogP) is 1.97. The summed E-state index contributed by atoms with van der Waals surface area (Å²) in [6, 6.07) is 7.25. The molecule has 0 radical (unpaired) electrons. The van der Waals surface area contributed by atoms with Crippen LogP contribution in [0.15, 0.2) is 36.9 Å². The molecule has 0 aliphatic carbocycles. The maximum Gasteiger partial charge on any atom is 0.226 e. The van der Waals surface area contributed by atoms with Crippen molar-refractivity contribution in [1.29, 1.82) is 0 Å². The van der Waals surface area contributed by atoms with Crippen LogP contribution in [0.25, 0.3) is 5.69 Å². The third-order valence-corrected chi connectivity index (χ3v) is 3.36. The first kappa shape index (κ1) is 15.2. The highest BCUT2D eigenvalue weighted by atomic mass is 16.1. The summed E-state index contributed by atoms with van der Waals surface area (Å²) in [5.74, 6) is -0.106. The van der Waals surface area contributed by atoms with Gasteiger partial charge >= 0.3 is 0 Å². The van der Waals surface area contributed by atoms with Gasteiger partial charge in [-0.3, -0.25) is 4.79 Å². The Labute approximate surface area is 124 Å². The Morgan fingerprint density at radius 3 is 2.71 bits per heavy atom. The van der Waals surface area contributed by atoms with E-state index in [9.17, 15) is 4.79 Å². The molecule has 6 nitrogen and oxygen atoms in total. The van der Waals surface area contributed by atoms with E-state index in [0.717, 1.165) is 5.69 Å². The van der Waals surface area contributed by atoms with Gasteiger partial charge < -0.3 is 11.1 Å². The van der Waals surface area contributed by atoms with Crippen molar-refractivity contribution in [1.82, 2.24) is 14.8 Å². The van der Waals surface area contributed by atoms with E-state index in [4.69, 9.17) is 5.73 Å². The van der Waals surface area contributed by atoms with Gasteiger partial charge in [-0.2, -0.15) is 5.10 Å². The van der Waals surface area contributed by atoms with Crippen molar-refractivity contribution in [3.8, 4) is 5.69 Å². The average Bonchev–Trinajstić information content (AvgIpc) is 2.91. The van der Waals surface area contributed by atoms with Crippen LogP contribution in [0.1, 0.15) is 27.2 Å². The third-order valence-electron chi connectivity index (χ3n) is 3.36. The van der Waals surface area contributed by atoms with Crippen molar-refractivity contribution in [2.24, 2.45) is 11.1 Å². The smallest absolute Gasteiger partial charge is 0.226 e. The van der Waals surface area contributed by atoms with E-state index in [0.29, 0.717) is 5.69 Å². The molecule has 1 aromatic carbocycles. The maximum absolute atomic E-state index is 12.2. The van der Waals surface area contributed by atoms with Gasteiger partial charge in [-0.25, -0.2) is 9.67 Å². The molecule has 6 heteroatoms. The van der Waals surface area contributed by atoms with Crippen molar-refractivity contribution >= 4 is 11.6 Å². The Bertz CT molecular complexity index is 601. The first-order chi connectivity index (χ1) is 9.88. The van der Waals surface area contributed by atoms with E-state index in [1.807, 2.05) is 45.0 Å². The molecule has 1 atom stereocenters. The molecule has 0 aliphatic rings. The van der Waals surface area contributed by atoms with Gasteiger partial charge in [-0.15, -0.1) is 0 Å². The minimum absolute atomic E-state index is 0.106. The second kappa shape index (κ2) is 6.05. The van der Waals surface area contributed by atoms with Crippen LogP contribution in [0.4, 0.5) is 5.69 Å². The molecule has 0 saturated carbocycles. The number of nitrogens with two attached hydrogens (primary N) is 1. The number of hydrogen-bond donors (Lipinski definition) is 2. The largest absolute Gasteiger partial charge is 0.327 e. The summed E-state index contributed by atoms with van der Waals surface area (Å²) in [5, 5.41) is 6.98. The number of hydrogen-bond acceptors (Lipinski definition) is 4. The van der Waals surface area contributed by atoms with Crippen molar-refractivity contribution in [3.05, 3.63) is 36.9 Å². The number of carbonyl (C=O) groups is 1. The number of amides is 1.